The van der Waals surface area contributed by atoms with Gasteiger partial charge in [-0.3, -0.25) is 9.59 Å². The van der Waals surface area contributed by atoms with Crippen LogP contribution in [0.4, 0.5) is 4.79 Å². The van der Waals surface area contributed by atoms with E-state index in [0.717, 1.165) is 36.8 Å². The molecule has 0 saturated heterocycles. The highest BCUT2D eigenvalue weighted by Gasteiger charge is 2.30. The molecule has 0 aromatic carbocycles. The number of alkyl carbamates (subject to hydrolysis) is 1. The summed E-state index contributed by atoms with van der Waals surface area (Å²) in [6.07, 6.45) is 6.45. The van der Waals surface area contributed by atoms with E-state index in [1.54, 1.807) is 19.4 Å². The van der Waals surface area contributed by atoms with Crippen molar-refractivity contribution in [3.05, 3.63) is 33.9 Å². The minimum atomic E-state index is -0.585. The number of aromatic nitrogens is 2. The lowest BCUT2D eigenvalue weighted by Crippen LogP contribution is -2.54. The van der Waals surface area contributed by atoms with E-state index >= 15 is 0 Å². The van der Waals surface area contributed by atoms with Crippen LogP contribution < -0.4 is 16.2 Å². The molecule has 164 valence electrons. The summed E-state index contributed by atoms with van der Waals surface area (Å²) in [5.41, 5.74) is 1.26. The summed E-state index contributed by atoms with van der Waals surface area (Å²) < 4.78 is 8.69. The molecular formula is C22H32N4O4. The third kappa shape index (κ3) is 4.52. The molecule has 8 nitrogen and oxygen atoms in total. The average molecular weight is 417 g/mol. The van der Waals surface area contributed by atoms with Crippen LogP contribution in [0.5, 0.6) is 0 Å². The van der Waals surface area contributed by atoms with E-state index in [1.807, 2.05) is 39.3 Å². The number of amides is 2. The standard InChI is InChI=1S/C22H32N4O4/c1-13-11-26(6)20(28)17-14(12-25(5)18(13)17)19(27)23-15-9-7-8-10-16(15)24-21(29)30-22(2,3)4/h11-12,15-16H,7-10H2,1-6H3,(H,23,27)(H,24,29). The quantitative estimate of drug-likeness (QED) is 0.804. The number of nitrogens with one attached hydrogen (secondary N) is 2. The predicted octanol–water partition coefficient (Wildman–Crippen LogP) is 2.75. The van der Waals surface area contributed by atoms with Gasteiger partial charge in [-0.2, -0.15) is 0 Å². The van der Waals surface area contributed by atoms with Crippen molar-refractivity contribution in [1.29, 1.82) is 0 Å². The number of pyridine rings is 1. The zero-order chi connectivity index (χ0) is 22.2. The number of fused-ring (bicyclic) bond motifs is 1. The van der Waals surface area contributed by atoms with Crippen molar-refractivity contribution in [2.45, 2.75) is 71.1 Å². The summed E-state index contributed by atoms with van der Waals surface area (Å²) in [7, 11) is 3.52. The Morgan fingerprint density at radius 3 is 2.23 bits per heavy atom. The molecule has 2 heterocycles. The Kier molecular flexibility index (Phi) is 5.97. The first kappa shape index (κ1) is 21.9. The minimum absolute atomic E-state index is 0.201. The topological polar surface area (TPSA) is 94.4 Å². The fourth-order valence-corrected chi connectivity index (χ4v) is 4.26. The Morgan fingerprint density at radius 1 is 1.03 bits per heavy atom. The Morgan fingerprint density at radius 2 is 1.63 bits per heavy atom. The maximum atomic E-state index is 13.2. The monoisotopic (exact) mass is 416 g/mol. The third-order valence-corrected chi connectivity index (χ3v) is 5.51. The molecule has 0 radical (unpaired) electrons. The van der Waals surface area contributed by atoms with Crippen LogP contribution in [-0.4, -0.2) is 38.8 Å². The molecule has 3 rings (SSSR count). The summed E-state index contributed by atoms with van der Waals surface area (Å²) in [5.74, 6) is -0.300. The first-order valence-electron chi connectivity index (χ1n) is 10.4. The van der Waals surface area contributed by atoms with E-state index in [2.05, 4.69) is 10.6 Å². The van der Waals surface area contributed by atoms with Gasteiger partial charge in [-0.25, -0.2) is 4.79 Å². The molecule has 1 fully saturated rings. The molecule has 2 amide bonds. The van der Waals surface area contributed by atoms with Crippen LogP contribution >= 0.6 is 0 Å². The summed E-state index contributed by atoms with van der Waals surface area (Å²) in [6, 6.07) is -0.431. The van der Waals surface area contributed by atoms with E-state index in [-0.39, 0.29) is 23.6 Å². The molecule has 2 aromatic heterocycles. The van der Waals surface area contributed by atoms with Crippen molar-refractivity contribution in [1.82, 2.24) is 19.8 Å². The fourth-order valence-electron chi connectivity index (χ4n) is 4.26. The molecule has 0 spiro atoms. The van der Waals surface area contributed by atoms with E-state index in [1.165, 1.54) is 4.57 Å². The van der Waals surface area contributed by atoms with Crippen molar-refractivity contribution in [2.24, 2.45) is 14.1 Å². The lowest BCUT2D eigenvalue weighted by Gasteiger charge is -2.33. The van der Waals surface area contributed by atoms with Gasteiger partial charge in [0.1, 0.15) is 5.60 Å². The Hall–Kier alpha value is -2.77. The van der Waals surface area contributed by atoms with Crippen molar-refractivity contribution in [3.63, 3.8) is 0 Å². The van der Waals surface area contributed by atoms with E-state index < -0.39 is 11.7 Å². The second-order valence-electron chi connectivity index (χ2n) is 9.22. The molecular weight excluding hydrogens is 384 g/mol. The number of ether oxygens (including phenoxy) is 1. The van der Waals surface area contributed by atoms with Gasteiger partial charge in [-0.15, -0.1) is 0 Å². The number of nitrogens with zero attached hydrogens (tertiary/aromatic N) is 2. The van der Waals surface area contributed by atoms with E-state index in [4.69, 9.17) is 4.74 Å². The van der Waals surface area contributed by atoms with E-state index in [9.17, 15) is 14.4 Å². The number of carbonyl (C=O) groups excluding carboxylic acids is 2. The fraction of sp³-hybridized carbons (Fsp3) is 0.591. The van der Waals surface area contributed by atoms with Crippen molar-refractivity contribution < 1.29 is 14.3 Å². The largest absolute Gasteiger partial charge is 0.444 e. The van der Waals surface area contributed by atoms with Crippen molar-refractivity contribution >= 4 is 22.9 Å². The molecule has 2 atom stereocenters. The number of hydrogen-bond donors (Lipinski definition) is 2. The molecule has 1 aliphatic rings. The molecule has 0 bridgehead atoms. The second kappa shape index (κ2) is 8.16. The third-order valence-electron chi connectivity index (χ3n) is 5.51. The molecule has 2 N–H and O–H groups in total. The lowest BCUT2D eigenvalue weighted by molar-refractivity contribution is 0.0475. The lowest BCUT2D eigenvalue weighted by atomic mass is 9.90. The van der Waals surface area contributed by atoms with Crippen LogP contribution in [0.25, 0.3) is 10.9 Å². The van der Waals surface area contributed by atoms with Crippen LogP contribution in [0.3, 0.4) is 0 Å². The smallest absolute Gasteiger partial charge is 0.407 e. The van der Waals surface area contributed by atoms with Crippen LogP contribution in [0.15, 0.2) is 17.2 Å². The van der Waals surface area contributed by atoms with Gasteiger partial charge in [0.25, 0.3) is 11.5 Å². The zero-order valence-corrected chi connectivity index (χ0v) is 18.7. The van der Waals surface area contributed by atoms with Crippen LogP contribution in [0, 0.1) is 6.92 Å². The van der Waals surface area contributed by atoms with Gasteiger partial charge in [0.15, 0.2) is 0 Å². The zero-order valence-electron chi connectivity index (χ0n) is 18.7. The number of carbonyl (C=O) groups is 2. The Balaban J connectivity index is 1.84. The summed E-state index contributed by atoms with van der Waals surface area (Å²) >= 11 is 0. The molecule has 8 heteroatoms. The first-order chi connectivity index (χ1) is 14.0. The van der Waals surface area contributed by atoms with Crippen molar-refractivity contribution in [3.8, 4) is 0 Å². The van der Waals surface area contributed by atoms with Gasteiger partial charge < -0.3 is 24.5 Å². The highest BCUT2D eigenvalue weighted by molar-refractivity contribution is 6.07. The molecule has 2 aromatic rings. The highest BCUT2D eigenvalue weighted by Crippen LogP contribution is 2.23. The Labute approximate surface area is 176 Å². The molecule has 30 heavy (non-hydrogen) atoms. The maximum absolute atomic E-state index is 13.2. The molecule has 1 saturated carbocycles. The number of rotatable bonds is 3. The summed E-state index contributed by atoms with van der Waals surface area (Å²) in [5, 5.41) is 6.38. The van der Waals surface area contributed by atoms with E-state index in [0.29, 0.717) is 10.9 Å². The molecule has 0 aliphatic heterocycles. The van der Waals surface area contributed by atoms with Gasteiger partial charge in [0.2, 0.25) is 0 Å². The van der Waals surface area contributed by atoms with Gasteiger partial charge in [-0.05, 0) is 46.1 Å². The number of hydrogen-bond acceptors (Lipinski definition) is 4. The normalized spacial score (nSPS) is 19.5. The second-order valence-corrected chi connectivity index (χ2v) is 9.22. The Bertz CT molecular complexity index is 1030. The predicted molar refractivity (Wildman–Crippen MR) is 116 cm³/mol. The molecule has 1 aliphatic carbocycles. The first-order valence-corrected chi connectivity index (χ1v) is 10.4. The maximum Gasteiger partial charge on any atom is 0.407 e. The number of aryl methyl sites for hydroxylation is 3. The minimum Gasteiger partial charge on any atom is -0.444 e. The van der Waals surface area contributed by atoms with Crippen molar-refractivity contribution in [2.75, 3.05) is 0 Å². The van der Waals surface area contributed by atoms with Crippen LogP contribution in [-0.2, 0) is 18.8 Å². The summed E-state index contributed by atoms with van der Waals surface area (Å²) in [6.45, 7) is 7.37. The van der Waals surface area contributed by atoms with Crippen LogP contribution in [0.2, 0.25) is 0 Å². The van der Waals surface area contributed by atoms with Gasteiger partial charge in [0.05, 0.1) is 22.5 Å². The SMILES string of the molecule is Cc1cn(C)c(=O)c2c(C(=O)NC3CCCCC3NC(=O)OC(C)(C)C)cn(C)c12. The highest BCUT2D eigenvalue weighted by atomic mass is 16.6. The van der Waals surface area contributed by atoms with Gasteiger partial charge in [-0.1, -0.05) is 12.8 Å². The summed E-state index contributed by atoms with van der Waals surface area (Å²) in [4.78, 5) is 38.1. The molecule has 2 unspecified atom stereocenters. The van der Waals surface area contributed by atoms with Gasteiger partial charge >= 0.3 is 6.09 Å². The van der Waals surface area contributed by atoms with Crippen LogP contribution in [0.1, 0.15) is 62.4 Å². The average Bonchev–Trinajstić information content (AvgIpc) is 2.98. The van der Waals surface area contributed by atoms with Gasteiger partial charge in [0, 0.05) is 32.5 Å².